The molecule has 122 valence electrons. The molecule has 0 aliphatic rings. The molecule has 0 atom stereocenters. The third-order valence-corrected chi connectivity index (χ3v) is 3.41. The fraction of sp³-hybridized carbons (Fsp3) is 0.0667. The van der Waals surface area contributed by atoms with E-state index in [0.29, 0.717) is 16.7 Å². The lowest BCUT2D eigenvalue weighted by molar-refractivity contribution is -0.383. The predicted molar refractivity (Wildman–Crippen MR) is 86.6 cm³/mol. The fourth-order valence-electron chi connectivity index (χ4n) is 2.30. The van der Waals surface area contributed by atoms with Crippen molar-refractivity contribution in [1.29, 1.82) is 0 Å². The van der Waals surface area contributed by atoms with E-state index in [1.165, 1.54) is 19.2 Å². The van der Waals surface area contributed by atoms with E-state index in [1.54, 1.807) is 18.2 Å². The van der Waals surface area contributed by atoms with Crippen LogP contribution in [0.2, 0.25) is 0 Å². The van der Waals surface area contributed by atoms with Crippen LogP contribution in [0.1, 0.15) is 10.4 Å². The molecular formula is C15H12N4O5. The van der Waals surface area contributed by atoms with Crippen LogP contribution in [0.3, 0.4) is 0 Å². The number of imidazole rings is 1. The van der Waals surface area contributed by atoms with Crippen LogP contribution in [0.4, 0.5) is 17.1 Å². The molecule has 0 radical (unpaired) electrons. The van der Waals surface area contributed by atoms with Gasteiger partial charge in [0.2, 0.25) is 0 Å². The molecule has 1 heterocycles. The Morgan fingerprint density at radius 3 is 2.62 bits per heavy atom. The molecule has 9 nitrogen and oxygen atoms in total. The number of hydrogen-bond acceptors (Lipinski definition) is 6. The number of aromatic amines is 2. The largest absolute Gasteiger partial charge is 0.465 e. The van der Waals surface area contributed by atoms with Crippen molar-refractivity contribution in [3.8, 4) is 0 Å². The highest BCUT2D eigenvalue weighted by Gasteiger charge is 2.18. The SMILES string of the molecule is COC(=O)c1ccc(Nc2ccc3[nH]c(=O)[nH]c3c2)c([N+](=O)[O-])c1. The van der Waals surface area contributed by atoms with Crippen molar-refractivity contribution in [3.05, 3.63) is 62.6 Å². The molecule has 0 aliphatic carbocycles. The number of carbonyl (C=O) groups excluding carboxylic acids is 1. The van der Waals surface area contributed by atoms with E-state index in [2.05, 4.69) is 20.0 Å². The molecule has 0 saturated carbocycles. The van der Waals surface area contributed by atoms with Gasteiger partial charge in [0.25, 0.3) is 5.69 Å². The van der Waals surface area contributed by atoms with Gasteiger partial charge < -0.3 is 20.0 Å². The number of benzene rings is 2. The zero-order valence-corrected chi connectivity index (χ0v) is 12.5. The van der Waals surface area contributed by atoms with Crippen molar-refractivity contribution in [3.63, 3.8) is 0 Å². The van der Waals surface area contributed by atoms with Crippen LogP contribution >= 0.6 is 0 Å². The van der Waals surface area contributed by atoms with Crippen molar-refractivity contribution >= 4 is 34.1 Å². The third kappa shape index (κ3) is 2.82. The number of carbonyl (C=O) groups is 1. The summed E-state index contributed by atoms with van der Waals surface area (Å²) >= 11 is 0. The number of H-pyrrole nitrogens is 2. The van der Waals surface area contributed by atoms with E-state index in [0.717, 1.165) is 6.07 Å². The number of nitro benzene ring substituents is 1. The quantitative estimate of drug-likeness (QED) is 0.383. The molecule has 0 spiro atoms. The van der Waals surface area contributed by atoms with Gasteiger partial charge in [-0.1, -0.05) is 0 Å². The van der Waals surface area contributed by atoms with Crippen LogP contribution in [-0.2, 0) is 4.74 Å². The van der Waals surface area contributed by atoms with Crippen LogP contribution in [0.15, 0.2) is 41.2 Å². The lowest BCUT2D eigenvalue weighted by Gasteiger charge is -2.08. The highest BCUT2D eigenvalue weighted by Crippen LogP contribution is 2.29. The number of rotatable bonds is 4. The van der Waals surface area contributed by atoms with Gasteiger partial charge in [0.1, 0.15) is 5.69 Å². The Labute approximate surface area is 134 Å². The smallest absolute Gasteiger partial charge is 0.338 e. The number of ether oxygens (including phenoxy) is 1. The van der Waals surface area contributed by atoms with Gasteiger partial charge in [-0.3, -0.25) is 10.1 Å². The van der Waals surface area contributed by atoms with E-state index < -0.39 is 10.9 Å². The summed E-state index contributed by atoms with van der Waals surface area (Å²) in [6, 6.07) is 8.98. The molecular weight excluding hydrogens is 316 g/mol. The van der Waals surface area contributed by atoms with E-state index in [-0.39, 0.29) is 22.6 Å². The second kappa shape index (κ2) is 5.88. The zero-order chi connectivity index (χ0) is 17.3. The number of anilines is 2. The number of nitrogens with zero attached hydrogens (tertiary/aromatic N) is 1. The summed E-state index contributed by atoms with van der Waals surface area (Å²) in [5.74, 6) is -0.657. The van der Waals surface area contributed by atoms with Crippen molar-refractivity contribution in [1.82, 2.24) is 9.97 Å². The van der Waals surface area contributed by atoms with Crippen molar-refractivity contribution in [2.75, 3.05) is 12.4 Å². The van der Waals surface area contributed by atoms with E-state index in [4.69, 9.17) is 0 Å². The maximum Gasteiger partial charge on any atom is 0.338 e. The summed E-state index contributed by atoms with van der Waals surface area (Å²) in [5, 5.41) is 14.2. The molecule has 0 bridgehead atoms. The van der Waals surface area contributed by atoms with Gasteiger partial charge >= 0.3 is 11.7 Å². The van der Waals surface area contributed by atoms with Crippen molar-refractivity contribution < 1.29 is 14.5 Å². The van der Waals surface area contributed by atoms with Gasteiger partial charge in [-0.2, -0.15) is 0 Å². The van der Waals surface area contributed by atoms with Crippen LogP contribution in [-0.4, -0.2) is 28.0 Å². The van der Waals surface area contributed by atoms with E-state index >= 15 is 0 Å². The molecule has 0 aliphatic heterocycles. The van der Waals surface area contributed by atoms with E-state index in [9.17, 15) is 19.7 Å². The van der Waals surface area contributed by atoms with Gasteiger partial charge in [0, 0.05) is 11.8 Å². The van der Waals surface area contributed by atoms with Gasteiger partial charge in [-0.15, -0.1) is 0 Å². The molecule has 3 N–H and O–H groups in total. The normalized spacial score (nSPS) is 10.5. The van der Waals surface area contributed by atoms with Crippen LogP contribution in [0.5, 0.6) is 0 Å². The number of methoxy groups -OCH3 is 1. The van der Waals surface area contributed by atoms with E-state index in [1.807, 2.05) is 0 Å². The molecule has 24 heavy (non-hydrogen) atoms. The molecule has 0 unspecified atom stereocenters. The average molecular weight is 328 g/mol. The maximum absolute atomic E-state index is 11.5. The molecule has 1 aromatic heterocycles. The first-order valence-corrected chi connectivity index (χ1v) is 6.84. The highest BCUT2D eigenvalue weighted by atomic mass is 16.6. The first-order chi connectivity index (χ1) is 11.5. The first-order valence-electron chi connectivity index (χ1n) is 6.84. The average Bonchev–Trinajstić information content (AvgIpc) is 2.93. The first kappa shape index (κ1) is 15.3. The summed E-state index contributed by atoms with van der Waals surface area (Å²) in [6.07, 6.45) is 0. The summed E-state index contributed by atoms with van der Waals surface area (Å²) < 4.78 is 4.56. The second-order valence-corrected chi connectivity index (χ2v) is 4.95. The Morgan fingerprint density at radius 2 is 1.92 bits per heavy atom. The van der Waals surface area contributed by atoms with Gasteiger partial charge in [-0.25, -0.2) is 9.59 Å². The minimum Gasteiger partial charge on any atom is -0.465 e. The predicted octanol–water partition coefficient (Wildman–Crippen LogP) is 2.29. The Balaban J connectivity index is 1.99. The number of hydrogen-bond donors (Lipinski definition) is 3. The maximum atomic E-state index is 11.5. The molecule has 0 saturated heterocycles. The van der Waals surface area contributed by atoms with Gasteiger partial charge in [0.15, 0.2) is 0 Å². The lowest BCUT2D eigenvalue weighted by atomic mass is 10.1. The minimum absolute atomic E-state index is 0.0835. The number of esters is 1. The zero-order valence-electron chi connectivity index (χ0n) is 12.5. The Bertz CT molecular complexity index is 1000. The summed E-state index contributed by atoms with van der Waals surface area (Å²) in [5.41, 5.74) is 1.44. The second-order valence-electron chi connectivity index (χ2n) is 4.95. The third-order valence-electron chi connectivity index (χ3n) is 3.41. The molecule has 3 aromatic rings. The Hall–Kier alpha value is -3.62. The Kier molecular flexibility index (Phi) is 3.74. The molecule has 0 fully saturated rings. The molecule has 0 amide bonds. The topological polar surface area (TPSA) is 130 Å². The monoisotopic (exact) mass is 328 g/mol. The summed E-state index contributed by atoms with van der Waals surface area (Å²) in [6.45, 7) is 0. The van der Waals surface area contributed by atoms with Gasteiger partial charge in [0.05, 0.1) is 28.6 Å². The number of nitrogens with one attached hydrogen (secondary N) is 3. The number of aromatic nitrogens is 2. The van der Waals surface area contributed by atoms with Crippen LogP contribution < -0.4 is 11.0 Å². The van der Waals surface area contributed by atoms with Crippen LogP contribution in [0, 0.1) is 10.1 Å². The molecule has 3 rings (SSSR count). The summed E-state index contributed by atoms with van der Waals surface area (Å²) in [4.78, 5) is 38.6. The molecule has 2 aromatic carbocycles. The van der Waals surface area contributed by atoms with Crippen molar-refractivity contribution in [2.24, 2.45) is 0 Å². The number of fused-ring (bicyclic) bond motifs is 1. The van der Waals surface area contributed by atoms with Crippen molar-refractivity contribution in [2.45, 2.75) is 0 Å². The minimum atomic E-state index is -0.657. The summed E-state index contributed by atoms with van der Waals surface area (Å²) in [7, 11) is 1.20. The Morgan fingerprint density at radius 1 is 1.17 bits per heavy atom. The lowest BCUT2D eigenvalue weighted by Crippen LogP contribution is -2.04. The standard InChI is InChI=1S/C15H12N4O5/c1-24-14(20)8-2-4-11(13(6-8)19(22)23)16-9-3-5-10-12(7-9)18-15(21)17-10/h2-7,16H,1H3,(H2,17,18,21). The van der Waals surface area contributed by atoms with Gasteiger partial charge in [-0.05, 0) is 30.3 Å². The fourth-order valence-corrected chi connectivity index (χ4v) is 2.30. The number of nitro groups is 1. The molecule has 9 heteroatoms. The highest BCUT2D eigenvalue weighted by molar-refractivity contribution is 5.91. The van der Waals surface area contributed by atoms with Crippen LogP contribution in [0.25, 0.3) is 11.0 Å².